The number of hydrogen-bond donors (Lipinski definition) is 3. The number of aliphatic carboxylic acids is 1. The van der Waals surface area contributed by atoms with Crippen molar-refractivity contribution in [1.29, 1.82) is 0 Å². The molecule has 0 aromatic rings. The number of aliphatic hydroxyl groups is 1. The second-order valence-corrected chi connectivity index (χ2v) is 6.79. The maximum Gasteiger partial charge on any atom is 0.303 e. The van der Waals surface area contributed by atoms with Gasteiger partial charge < -0.3 is 15.1 Å². The number of carbonyl (C=O) groups is 1. The molecule has 96 valence electrons. The standard InChI is InChI=1S/C10H21O5P/c1-8(11)9(16(2,14)15)6-4-3-5-7-10(12)13/h8-9,11H,3-7H2,1-2H3,(H,12,13)(H,14,15). The molecule has 0 aromatic heterocycles. The van der Waals surface area contributed by atoms with Gasteiger partial charge in [0, 0.05) is 13.1 Å². The van der Waals surface area contributed by atoms with E-state index >= 15 is 0 Å². The Bertz CT molecular complexity index is 258. The van der Waals surface area contributed by atoms with E-state index in [1.165, 1.54) is 13.6 Å². The molecule has 0 aliphatic rings. The summed E-state index contributed by atoms with van der Waals surface area (Å²) in [5.41, 5.74) is -0.600. The van der Waals surface area contributed by atoms with Crippen molar-refractivity contribution in [2.75, 3.05) is 6.66 Å². The van der Waals surface area contributed by atoms with Crippen LogP contribution in [0.3, 0.4) is 0 Å². The lowest BCUT2D eigenvalue weighted by Crippen LogP contribution is -2.22. The summed E-state index contributed by atoms with van der Waals surface area (Å²) in [6.45, 7) is 2.76. The van der Waals surface area contributed by atoms with Crippen LogP contribution in [0.15, 0.2) is 0 Å². The molecule has 0 aromatic carbocycles. The molecule has 0 saturated carbocycles. The Hall–Kier alpha value is -0.380. The van der Waals surface area contributed by atoms with Crippen LogP contribution in [0.1, 0.15) is 39.0 Å². The molecule has 6 heteroatoms. The molecule has 0 rings (SSSR count). The summed E-state index contributed by atoms with van der Waals surface area (Å²) in [7, 11) is -3.27. The van der Waals surface area contributed by atoms with Crippen LogP contribution in [0.4, 0.5) is 0 Å². The molecule has 3 N–H and O–H groups in total. The highest BCUT2D eigenvalue weighted by Gasteiger charge is 2.29. The van der Waals surface area contributed by atoms with Gasteiger partial charge >= 0.3 is 5.97 Å². The van der Waals surface area contributed by atoms with Crippen molar-refractivity contribution < 1.29 is 24.5 Å². The fourth-order valence-corrected chi connectivity index (χ4v) is 3.15. The Morgan fingerprint density at radius 2 is 1.88 bits per heavy atom. The molecule has 0 radical (unpaired) electrons. The van der Waals surface area contributed by atoms with Gasteiger partial charge in [0.2, 0.25) is 7.37 Å². The average molecular weight is 252 g/mol. The van der Waals surface area contributed by atoms with E-state index < -0.39 is 25.1 Å². The molecule has 16 heavy (non-hydrogen) atoms. The fraction of sp³-hybridized carbons (Fsp3) is 0.900. The first-order valence-electron chi connectivity index (χ1n) is 5.45. The fourth-order valence-electron chi connectivity index (χ4n) is 1.69. The number of carboxylic acid groups (broad SMARTS) is 1. The van der Waals surface area contributed by atoms with Gasteiger partial charge in [0.15, 0.2) is 0 Å². The van der Waals surface area contributed by atoms with Crippen molar-refractivity contribution in [2.45, 2.75) is 50.8 Å². The summed E-state index contributed by atoms with van der Waals surface area (Å²) < 4.78 is 11.4. The monoisotopic (exact) mass is 252 g/mol. The summed E-state index contributed by atoms with van der Waals surface area (Å²) in [5, 5.41) is 17.8. The second kappa shape index (κ2) is 7.05. The maximum atomic E-state index is 11.4. The van der Waals surface area contributed by atoms with Gasteiger partial charge in [-0.3, -0.25) is 9.36 Å². The SMILES string of the molecule is CC(O)C(CCCCCC(=O)O)P(C)(=O)O. The lowest BCUT2D eigenvalue weighted by molar-refractivity contribution is -0.137. The van der Waals surface area contributed by atoms with Crippen LogP contribution in [0.5, 0.6) is 0 Å². The summed E-state index contributed by atoms with van der Waals surface area (Å²) in [5.74, 6) is -0.824. The van der Waals surface area contributed by atoms with Crippen LogP contribution >= 0.6 is 7.37 Å². The first-order valence-corrected chi connectivity index (χ1v) is 7.62. The molecule has 0 bridgehead atoms. The Morgan fingerprint density at radius 3 is 2.25 bits per heavy atom. The Kier molecular flexibility index (Phi) is 6.88. The van der Waals surface area contributed by atoms with E-state index in [0.29, 0.717) is 25.7 Å². The molecular weight excluding hydrogens is 231 g/mol. The van der Waals surface area contributed by atoms with Gasteiger partial charge in [-0.15, -0.1) is 0 Å². The smallest absolute Gasteiger partial charge is 0.303 e. The van der Waals surface area contributed by atoms with Crippen LogP contribution in [-0.2, 0) is 9.36 Å². The van der Waals surface area contributed by atoms with E-state index in [1.807, 2.05) is 0 Å². The predicted octanol–water partition coefficient (Wildman–Crippen LogP) is 1.67. The van der Waals surface area contributed by atoms with Gasteiger partial charge in [0.05, 0.1) is 11.8 Å². The quantitative estimate of drug-likeness (QED) is 0.451. The van der Waals surface area contributed by atoms with E-state index in [1.54, 1.807) is 0 Å². The zero-order chi connectivity index (χ0) is 12.8. The Balaban J connectivity index is 3.88. The summed E-state index contributed by atoms with van der Waals surface area (Å²) >= 11 is 0. The Labute approximate surface area is 95.9 Å². The van der Waals surface area contributed by atoms with Gasteiger partial charge in [0.25, 0.3) is 0 Å². The largest absolute Gasteiger partial charge is 0.481 e. The van der Waals surface area contributed by atoms with Gasteiger partial charge in [-0.25, -0.2) is 0 Å². The van der Waals surface area contributed by atoms with Crippen LogP contribution in [0.2, 0.25) is 0 Å². The van der Waals surface area contributed by atoms with E-state index in [-0.39, 0.29) is 6.42 Å². The summed E-state index contributed by atoms with van der Waals surface area (Å²) in [6.07, 6.45) is 1.72. The third-order valence-electron chi connectivity index (χ3n) is 2.56. The normalized spacial score (nSPS) is 18.8. The first kappa shape index (κ1) is 15.6. The highest BCUT2D eigenvalue weighted by molar-refractivity contribution is 7.58. The van der Waals surface area contributed by atoms with Crippen LogP contribution < -0.4 is 0 Å². The molecule has 3 unspecified atom stereocenters. The molecule has 3 atom stereocenters. The van der Waals surface area contributed by atoms with Crippen molar-refractivity contribution in [3.05, 3.63) is 0 Å². The lowest BCUT2D eigenvalue weighted by atomic mass is 10.1. The molecular formula is C10H21O5P. The minimum Gasteiger partial charge on any atom is -0.481 e. The van der Waals surface area contributed by atoms with Crippen LogP contribution in [0.25, 0.3) is 0 Å². The van der Waals surface area contributed by atoms with E-state index in [9.17, 15) is 19.4 Å². The maximum absolute atomic E-state index is 11.4. The molecule has 0 spiro atoms. The molecule has 0 aliphatic carbocycles. The third kappa shape index (κ3) is 6.99. The zero-order valence-corrected chi connectivity index (χ0v) is 10.7. The van der Waals surface area contributed by atoms with Gasteiger partial charge in [0.1, 0.15) is 0 Å². The highest BCUT2D eigenvalue weighted by Crippen LogP contribution is 2.45. The molecule has 0 amide bonds. The van der Waals surface area contributed by atoms with Crippen molar-refractivity contribution in [2.24, 2.45) is 0 Å². The number of unbranched alkanes of at least 4 members (excludes halogenated alkanes) is 2. The summed E-state index contributed by atoms with van der Waals surface area (Å²) in [6, 6.07) is 0. The van der Waals surface area contributed by atoms with Gasteiger partial charge in [-0.1, -0.05) is 12.8 Å². The van der Waals surface area contributed by atoms with Crippen LogP contribution in [0, 0.1) is 0 Å². The number of carboxylic acids is 1. The second-order valence-electron chi connectivity index (χ2n) is 4.24. The molecule has 0 aliphatic heterocycles. The molecule has 5 nitrogen and oxygen atoms in total. The van der Waals surface area contributed by atoms with Crippen molar-refractivity contribution in [3.63, 3.8) is 0 Å². The minimum absolute atomic E-state index is 0.127. The minimum atomic E-state index is -3.27. The van der Waals surface area contributed by atoms with Crippen molar-refractivity contribution >= 4 is 13.3 Å². The summed E-state index contributed by atoms with van der Waals surface area (Å²) in [4.78, 5) is 19.6. The average Bonchev–Trinajstić information content (AvgIpc) is 2.07. The molecule has 0 fully saturated rings. The first-order chi connectivity index (χ1) is 7.25. The van der Waals surface area contributed by atoms with Crippen molar-refractivity contribution in [3.8, 4) is 0 Å². The van der Waals surface area contributed by atoms with E-state index in [2.05, 4.69) is 0 Å². The number of rotatable bonds is 8. The number of aliphatic hydroxyl groups excluding tert-OH is 1. The van der Waals surface area contributed by atoms with Crippen LogP contribution in [-0.4, -0.2) is 39.5 Å². The Morgan fingerprint density at radius 1 is 1.31 bits per heavy atom. The number of hydrogen-bond acceptors (Lipinski definition) is 3. The van der Waals surface area contributed by atoms with Gasteiger partial charge in [-0.2, -0.15) is 0 Å². The topological polar surface area (TPSA) is 94.8 Å². The predicted molar refractivity (Wildman–Crippen MR) is 61.9 cm³/mol. The lowest BCUT2D eigenvalue weighted by Gasteiger charge is -2.22. The van der Waals surface area contributed by atoms with Gasteiger partial charge in [-0.05, 0) is 19.8 Å². The zero-order valence-electron chi connectivity index (χ0n) is 9.80. The third-order valence-corrected chi connectivity index (χ3v) is 4.48. The van der Waals surface area contributed by atoms with E-state index in [0.717, 1.165) is 0 Å². The highest BCUT2D eigenvalue weighted by atomic mass is 31.2. The van der Waals surface area contributed by atoms with Crippen molar-refractivity contribution in [1.82, 2.24) is 0 Å². The molecule has 0 saturated heterocycles. The molecule has 0 heterocycles. The van der Waals surface area contributed by atoms with E-state index in [4.69, 9.17) is 5.11 Å².